The Morgan fingerprint density at radius 1 is 1.38 bits per heavy atom. The Balaban J connectivity index is 2.60. The van der Waals surface area contributed by atoms with Gasteiger partial charge in [0.05, 0.1) is 23.1 Å². The highest BCUT2D eigenvalue weighted by molar-refractivity contribution is 6.30. The Bertz CT molecular complexity index is 578. The van der Waals surface area contributed by atoms with Crippen molar-refractivity contribution < 1.29 is 0 Å². The molecule has 0 aliphatic heterocycles. The molecule has 0 bridgehead atoms. The van der Waals surface area contributed by atoms with Gasteiger partial charge in [-0.05, 0) is 37.6 Å². The average molecular weight is 232 g/mol. The number of hydrogen-bond donors (Lipinski definition) is 0. The van der Waals surface area contributed by atoms with Crippen LogP contribution in [-0.2, 0) is 0 Å². The molecule has 1 aromatic heterocycles. The van der Waals surface area contributed by atoms with Gasteiger partial charge < -0.3 is 0 Å². The number of aromatic nitrogens is 2. The molecule has 0 fully saturated rings. The highest BCUT2D eigenvalue weighted by Crippen LogP contribution is 2.20. The van der Waals surface area contributed by atoms with Crippen LogP contribution in [0.4, 0.5) is 0 Å². The molecular weight excluding hydrogens is 222 g/mol. The van der Waals surface area contributed by atoms with Gasteiger partial charge in [-0.1, -0.05) is 11.6 Å². The number of rotatable bonds is 1. The van der Waals surface area contributed by atoms with Gasteiger partial charge >= 0.3 is 0 Å². The first-order valence-corrected chi connectivity index (χ1v) is 5.22. The van der Waals surface area contributed by atoms with Crippen LogP contribution >= 0.6 is 11.6 Å². The van der Waals surface area contributed by atoms with E-state index in [0.717, 1.165) is 16.9 Å². The van der Waals surface area contributed by atoms with Crippen LogP contribution in [0.15, 0.2) is 24.4 Å². The molecule has 4 heteroatoms. The van der Waals surface area contributed by atoms with Gasteiger partial charge in [0.2, 0.25) is 0 Å². The minimum atomic E-state index is 0.592. The Labute approximate surface area is 98.9 Å². The predicted molar refractivity (Wildman–Crippen MR) is 62.8 cm³/mol. The Kier molecular flexibility index (Phi) is 2.67. The molecule has 16 heavy (non-hydrogen) atoms. The highest BCUT2D eigenvalue weighted by Gasteiger charge is 2.09. The SMILES string of the molecule is Cc1cc(Cl)ccc1-n1ncc(C#N)c1C. The second-order valence-electron chi connectivity index (χ2n) is 3.60. The van der Waals surface area contributed by atoms with E-state index in [0.29, 0.717) is 10.6 Å². The van der Waals surface area contributed by atoms with Crippen LogP contribution in [0.25, 0.3) is 5.69 Å². The lowest BCUT2D eigenvalue weighted by molar-refractivity contribution is 0.840. The number of nitriles is 1. The monoisotopic (exact) mass is 231 g/mol. The van der Waals surface area contributed by atoms with Gasteiger partial charge in [-0.25, -0.2) is 4.68 Å². The summed E-state index contributed by atoms with van der Waals surface area (Å²) in [5, 5.41) is 13.8. The average Bonchev–Trinajstić information content (AvgIpc) is 2.60. The Morgan fingerprint density at radius 2 is 2.12 bits per heavy atom. The normalized spacial score (nSPS) is 10.1. The first kappa shape index (κ1) is 10.7. The van der Waals surface area contributed by atoms with E-state index in [1.54, 1.807) is 10.9 Å². The molecule has 0 atom stereocenters. The van der Waals surface area contributed by atoms with Gasteiger partial charge in [0.25, 0.3) is 0 Å². The zero-order valence-corrected chi connectivity index (χ0v) is 9.78. The van der Waals surface area contributed by atoms with Crippen molar-refractivity contribution in [3.05, 3.63) is 46.2 Å². The summed E-state index contributed by atoms with van der Waals surface area (Å²) in [5.41, 5.74) is 3.41. The lowest BCUT2D eigenvalue weighted by Gasteiger charge is -2.08. The zero-order chi connectivity index (χ0) is 11.7. The second-order valence-corrected chi connectivity index (χ2v) is 4.03. The number of halogens is 1. The molecule has 0 unspecified atom stereocenters. The first-order chi connectivity index (χ1) is 7.63. The maximum atomic E-state index is 8.87. The van der Waals surface area contributed by atoms with E-state index in [9.17, 15) is 0 Å². The summed E-state index contributed by atoms with van der Waals surface area (Å²) in [6.45, 7) is 3.84. The molecular formula is C12H10ClN3. The summed E-state index contributed by atoms with van der Waals surface area (Å²) in [7, 11) is 0. The predicted octanol–water partition coefficient (Wildman–Crippen LogP) is 3.01. The van der Waals surface area contributed by atoms with E-state index < -0.39 is 0 Å². The summed E-state index contributed by atoms with van der Waals surface area (Å²) in [5.74, 6) is 0. The van der Waals surface area contributed by atoms with Crippen LogP contribution in [0.5, 0.6) is 0 Å². The van der Waals surface area contributed by atoms with Crippen LogP contribution < -0.4 is 0 Å². The lowest BCUT2D eigenvalue weighted by Crippen LogP contribution is -2.01. The van der Waals surface area contributed by atoms with Gasteiger partial charge in [0.1, 0.15) is 6.07 Å². The van der Waals surface area contributed by atoms with E-state index in [2.05, 4.69) is 11.2 Å². The van der Waals surface area contributed by atoms with Crippen molar-refractivity contribution in [3.8, 4) is 11.8 Å². The van der Waals surface area contributed by atoms with E-state index in [1.165, 1.54) is 0 Å². The van der Waals surface area contributed by atoms with Crippen molar-refractivity contribution in [1.29, 1.82) is 5.26 Å². The first-order valence-electron chi connectivity index (χ1n) is 4.84. The van der Waals surface area contributed by atoms with Gasteiger partial charge in [-0.15, -0.1) is 0 Å². The van der Waals surface area contributed by atoms with Crippen molar-refractivity contribution in [2.75, 3.05) is 0 Å². The number of aryl methyl sites for hydroxylation is 1. The van der Waals surface area contributed by atoms with Gasteiger partial charge in [-0.2, -0.15) is 10.4 Å². The largest absolute Gasteiger partial charge is 0.236 e. The van der Waals surface area contributed by atoms with Gasteiger partial charge in [-0.3, -0.25) is 0 Å². The molecule has 0 spiro atoms. The quantitative estimate of drug-likeness (QED) is 0.757. The maximum Gasteiger partial charge on any atom is 0.103 e. The molecule has 1 heterocycles. The van der Waals surface area contributed by atoms with Crippen LogP contribution in [-0.4, -0.2) is 9.78 Å². The molecule has 80 valence electrons. The lowest BCUT2D eigenvalue weighted by atomic mass is 10.2. The molecule has 0 amide bonds. The van der Waals surface area contributed by atoms with E-state index in [-0.39, 0.29) is 0 Å². The van der Waals surface area contributed by atoms with E-state index in [1.807, 2.05) is 32.0 Å². The second kappa shape index (κ2) is 3.99. The summed E-state index contributed by atoms with van der Waals surface area (Å²) in [6.07, 6.45) is 1.57. The van der Waals surface area contributed by atoms with Crippen LogP contribution in [0.3, 0.4) is 0 Å². The Hall–Kier alpha value is -1.79. The summed E-state index contributed by atoms with van der Waals surface area (Å²) >= 11 is 5.89. The molecule has 0 aliphatic carbocycles. The Morgan fingerprint density at radius 3 is 2.69 bits per heavy atom. The molecule has 0 radical (unpaired) electrons. The standard InChI is InChI=1S/C12H10ClN3/c1-8-5-11(13)3-4-12(8)16-9(2)10(6-14)7-15-16/h3-5,7H,1-2H3. The van der Waals surface area contributed by atoms with E-state index in [4.69, 9.17) is 16.9 Å². The zero-order valence-electron chi connectivity index (χ0n) is 9.03. The molecule has 0 aliphatic rings. The topological polar surface area (TPSA) is 41.6 Å². The highest BCUT2D eigenvalue weighted by atomic mass is 35.5. The van der Waals surface area contributed by atoms with Crippen LogP contribution in [0.1, 0.15) is 16.8 Å². The summed E-state index contributed by atoms with van der Waals surface area (Å²) in [6, 6.07) is 7.70. The molecule has 0 saturated heterocycles. The number of nitrogens with zero attached hydrogens (tertiary/aromatic N) is 3. The molecule has 0 N–H and O–H groups in total. The summed E-state index contributed by atoms with van der Waals surface area (Å²) < 4.78 is 1.75. The molecule has 0 saturated carbocycles. The van der Waals surface area contributed by atoms with Crippen LogP contribution in [0.2, 0.25) is 5.02 Å². The fraction of sp³-hybridized carbons (Fsp3) is 0.167. The van der Waals surface area contributed by atoms with Crippen molar-refractivity contribution in [2.45, 2.75) is 13.8 Å². The molecule has 1 aromatic carbocycles. The maximum absolute atomic E-state index is 8.87. The fourth-order valence-electron chi connectivity index (χ4n) is 1.62. The molecule has 2 rings (SSSR count). The van der Waals surface area contributed by atoms with Crippen molar-refractivity contribution >= 4 is 11.6 Å². The third-order valence-corrected chi connectivity index (χ3v) is 2.75. The van der Waals surface area contributed by atoms with Crippen molar-refractivity contribution in [1.82, 2.24) is 9.78 Å². The smallest absolute Gasteiger partial charge is 0.103 e. The molecule has 2 aromatic rings. The summed E-state index contributed by atoms with van der Waals surface area (Å²) in [4.78, 5) is 0. The number of benzene rings is 1. The van der Waals surface area contributed by atoms with Crippen LogP contribution in [0, 0.1) is 25.2 Å². The van der Waals surface area contributed by atoms with Crippen molar-refractivity contribution in [2.24, 2.45) is 0 Å². The molecule has 3 nitrogen and oxygen atoms in total. The minimum absolute atomic E-state index is 0.592. The third kappa shape index (κ3) is 1.68. The van der Waals surface area contributed by atoms with E-state index >= 15 is 0 Å². The minimum Gasteiger partial charge on any atom is -0.236 e. The van der Waals surface area contributed by atoms with Crippen molar-refractivity contribution in [3.63, 3.8) is 0 Å². The van der Waals surface area contributed by atoms with Gasteiger partial charge in [0.15, 0.2) is 0 Å². The third-order valence-electron chi connectivity index (χ3n) is 2.52. The fourth-order valence-corrected chi connectivity index (χ4v) is 1.85. The van der Waals surface area contributed by atoms with Gasteiger partial charge in [0, 0.05) is 5.02 Å². The number of hydrogen-bond acceptors (Lipinski definition) is 2.